The van der Waals surface area contributed by atoms with Crippen LogP contribution in [0.3, 0.4) is 0 Å². The SMILES string of the molecule is O=S(=O)(Nc1ccc(Cn2cccn2)cc1)c1cc(Br)ccc1Br. The number of nitrogens with one attached hydrogen (secondary N) is 1. The fourth-order valence-electron chi connectivity index (χ4n) is 2.15. The van der Waals surface area contributed by atoms with Crippen molar-refractivity contribution >= 4 is 47.6 Å². The highest BCUT2D eigenvalue weighted by Gasteiger charge is 2.18. The van der Waals surface area contributed by atoms with E-state index in [4.69, 9.17) is 0 Å². The third-order valence-electron chi connectivity index (χ3n) is 3.29. The van der Waals surface area contributed by atoms with Crippen molar-refractivity contribution in [2.45, 2.75) is 11.4 Å². The van der Waals surface area contributed by atoms with Gasteiger partial charge < -0.3 is 0 Å². The molecule has 0 unspecified atom stereocenters. The minimum Gasteiger partial charge on any atom is -0.280 e. The molecule has 0 bridgehead atoms. The van der Waals surface area contributed by atoms with Crippen LogP contribution in [0.15, 0.2) is 74.8 Å². The van der Waals surface area contributed by atoms with Crippen LogP contribution in [0.4, 0.5) is 5.69 Å². The van der Waals surface area contributed by atoms with E-state index in [-0.39, 0.29) is 4.90 Å². The summed E-state index contributed by atoms with van der Waals surface area (Å²) in [5.41, 5.74) is 1.54. The van der Waals surface area contributed by atoms with Crippen molar-refractivity contribution in [1.29, 1.82) is 0 Å². The Labute approximate surface area is 157 Å². The molecule has 3 rings (SSSR count). The van der Waals surface area contributed by atoms with Gasteiger partial charge in [-0.2, -0.15) is 5.10 Å². The lowest BCUT2D eigenvalue weighted by Gasteiger charge is -2.11. The van der Waals surface area contributed by atoms with Crippen molar-refractivity contribution < 1.29 is 8.42 Å². The van der Waals surface area contributed by atoms with Crippen LogP contribution in [-0.4, -0.2) is 18.2 Å². The first-order valence-corrected chi connectivity index (χ1v) is 10.1. The van der Waals surface area contributed by atoms with Crippen molar-refractivity contribution in [2.24, 2.45) is 0 Å². The lowest BCUT2D eigenvalue weighted by atomic mass is 10.2. The molecule has 0 aliphatic heterocycles. The number of nitrogens with zero attached hydrogens (tertiary/aromatic N) is 2. The lowest BCUT2D eigenvalue weighted by molar-refractivity contribution is 0.600. The van der Waals surface area contributed by atoms with Gasteiger partial charge in [-0.1, -0.05) is 28.1 Å². The van der Waals surface area contributed by atoms with Crippen LogP contribution in [0.2, 0.25) is 0 Å². The highest BCUT2D eigenvalue weighted by Crippen LogP contribution is 2.27. The second kappa shape index (κ2) is 7.08. The molecule has 0 aliphatic rings. The van der Waals surface area contributed by atoms with Crippen LogP contribution in [0.5, 0.6) is 0 Å². The summed E-state index contributed by atoms with van der Waals surface area (Å²) in [6.07, 6.45) is 3.60. The Morgan fingerprint density at radius 1 is 1.08 bits per heavy atom. The van der Waals surface area contributed by atoms with Crippen LogP contribution >= 0.6 is 31.9 Å². The van der Waals surface area contributed by atoms with E-state index in [9.17, 15) is 8.42 Å². The molecular formula is C16H13Br2N3O2S. The maximum absolute atomic E-state index is 12.5. The number of rotatable bonds is 5. The van der Waals surface area contributed by atoms with E-state index in [2.05, 4.69) is 41.7 Å². The fraction of sp³-hybridized carbons (Fsp3) is 0.0625. The molecule has 0 amide bonds. The Bertz CT molecular complexity index is 940. The van der Waals surface area contributed by atoms with E-state index in [1.807, 2.05) is 24.4 Å². The number of hydrogen-bond donors (Lipinski definition) is 1. The smallest absolute Gasteiger partial charge is 0.263 e. The third-order valence-corrected chi connectivity index (χ3v) is 6.16. The summed E-state index contributed by atoms with van der Waals surface area (Å²) in [6, 6.07) is 14.1. The Morgan fingerprint density at radius 3 is 2.50 bits per heavy atom. The first-order chi connectivity index (χ1) is 11.4. The summed E-state index contributed by atoms with van der Waals surface area (Å²) in [7, 11) is -3.67. The van der Waals surface area contributed by atoms with Gasteiger partial charge >= 0.3 is 0 Å². The van der Waals surface area contributed by atoms with Crippen molar-refractivity contribution in [2.75, 3.05) is 4.72 Å². The molecule has 0 saturated carbocycles. The predicted molar refractivity (Wildman–Crippen MR) is 100 cm³/mol. The summed E-state index contributed by atoms with van der Waals surface area (Å²) < 4.78 is 30.7. The topological polar surface area (TPSA) is 64.0 Å². The minimum atomic E-state index is -3.67. The highest BCUT2D eigenvalue weighted by atomic mass is 79.9. The number of sulfonamides is 1. The second-order valence-corrected chi connectivity index (χ2v) is 8.50. The maximum Gasteiger partial charge on any atom is 0.263 e. The summed E-state index contributed by atoms with van der Waals surface area (Å²) >= 11 is 6.57. The van der Waals surface area contributed by atoms with Gasteiger partial charge in [0.15, 0.2) is 0 Å². The summed E-state index contributed by atoms with van der Waals surface area (Å²) in [4.78, 5) is 0.178. The summed E-state index contributed by atoms with van der Waals surface area (Å²) in [5, 5.41) is 4.15. The molecule has 0 fully saturated rings. The number of aromatic nitrogens is 2. The zero-order valence-corrected chi connectivity index (χ0v) is 16.3. The van der Waals surface area contributed by atoms with E-state index >= 15 is 0 Å². The van der Waals surface area contributed by atoms with Crippen molar-refractivity contribution in [3.8, 4) is 0 Å². The molecule has 124 valence electrons. The molecule has 1 N–H and O–H groups in total. The lowest BCUT2D eigenvalue weighted by Crippen LogP contribution is -2.13. The molecular weight excluding hydrogens is 458 g/mol. The molecule has 24 heavy (non-hydrogen) atoms. The van der Waals surface area contributed by atoms with Gasteiger partial charge in [0.25, 0.3) is 10.0 Å². The Hall–Kier alpha value is -1.64. The molecule has 1 aromatic heterocycles. The Balaban J connectivity index is 1.79. The average Bonchev–Trinajstić information content (AvgIpc) is 3.04. The van der Waals surface area contributed by atoms with Crippen LogP contribution in [0, 0.1) is 0 Å². The first kappa shape index (κ1) is 17.2. The van der Waals surface area contributed by atoms with Crippen molar-refractivity contribution in [1.82, 2.24) is 9.78 Å². The third kappa shape index (κ3) is 4.06. The molecule has 3 aromatic rings. The predicted octanol–water partition coefficient (Wildman–Crippen LogP) is 4.26. The molecule has 8 heteroatoms. The van der Waals surface area contributed by atoms with Crippen LogP contribution in [0.1, 0.15) is 5.56 Å². The van der Waals surface area contributed by atoms with Gasteiger partial charge in [0.1, 0.15) is 4.90 Å². The minimum absolute atomic E-state index is 0.178. The largest absolute Gasteiger partial charge is 0.280 e. The van der Waals surface area contributed by atoms with Gasteiger partial charge in [-0.15, -0.1) is 0 Å². The molecule has 0 atom stereocenters. The second-order valence-electron chi connectivity index (χ2n) is 5.08. The van der Waals surface area contributed by atoms with Gasteiger partial charge in [0, 0.05) is 27.0 Å². The quantitative estimate of drug-likeness (QED) is 0.605. The van der Waals surface area contributed by atoms with E-state index in [1.165, 1.54) is 0 Å². The molecule has 1 heterocycles. The first-order valence-electron chi connectivity index (χ1n) is 6.98. The fourth-order valence-corrected chi connectivity index (χ4v) is 4.71. The normalized spacial score (nSPS) is 11.4. The molecule has 0 spiro atoms. The molecule has 0 radical (unpaired) electrons. The Morgan fingerprint density at radius 2 is 1.83 bits per heavy atom. The zero-order chi connectivity index (χ0) is 17.2. The summed E-state index contributed by atoms with van der Waals surface area (Å²) in [6.45, 7) is 0.636. The number of halogens is 2. The van der Waals surface area contributed by atoms with Gasteiger partial charge in [-0.25, -0.2) is 8.42 Å². The van der Waals surface area contributed by atoms with E-state index in [1.54, 1.807) is 41.2 Å². The number of benzene rings is 2. The van der Waals surface area contributed by atoms with Crippen LogP contribution < -0.4 is 4.72 Å². The zero-order valence-electron chi connectivity index (χ0n) is 12.4. The number of anilines is 1. The van der Waals surface area contributed by atoms with E-state index in [0.29, 0.717) is 21.2 Å². The summed E-state index contributed by atoms with van der Waals surface area (Å²) in [5.74, 6) is 0. The molecule has 5 nitrogen and oxygen atoms in total. The van der Waals surface area contributed by atoms with E-state index in [0.717, 1.165) is 5.56 Å². The van der Waals surface area contributed by atoms with Crippen molar-refractivity contribution in [3.63, 3.8) is 0 Å². The van der Waals surface area contributed by atoms with E-state index < -0.39 is 10.0 Å². The maximum atomic E-state index is 12.5. The van der Waals surface area contributed by atoms with Crippen molar-refractivity contribution in [3.05, 3.63) is 75.4 Å². The van der Waals surface area contributed by atoms with Gasteiger partial charge in [-0.3, -0.25) is 9.40 Å². The van der Waals surface area contributed by atoms with Gasteiger partial charge in [0.2, 0.25) is 0 Å². The average molecular weight is 471 g/mol. The number of hydrogen-bond acceptors (Lipinski definition) is 3. The van der Waals surface area contributed by atoms with Gasteiger partial charge in [-0.05, 0) is 57.9 Å². The highest BCUT2D eigenvalue weighted by molar-refractivity contribution is 9.11. The van der Waals surface area contributed by atoms with Gasteiger partial charge in [0.05, 0.1) is 6.54 Å². The Kier molecular flexibility index (Phi) is 5.07. The molecule has 0 saturated heterocycles. The molecule has 2 aromatic carbocycles. The molecule has 0 aliphatic carbocycles. The standard InChI is InChI=1S/C16H13Br2N3O2S/c17-13-4-7-15(18)16(10-13)24(22,23)20-14-5-2-12(3-6-14)11-21-9-1-8-19-21/h1-10,20H,11H2. The van der Waals surface area contributed by atoms with Crippen LogP contribution in [-0.2, 0) is 16.6 Å². The van der Waals surface area contributed by atoms with Crippen LogP contribution in [0.25, 0.3) is 0 Å². The monoisotopic (exact) mass is 469 g/mol.